The highest BCUT2D eigenvalue weighted by Gasteiger charge is 1.97. The van der Waals surface area contributed by atoms with E-state index < -0.39 is 8.53 Å². The van der Waals surface area contributed by atoms with Crippen LogP contribution < -0.4 is 5.50 Å². The minimum atomic E-state index is -1.63. The van der Waals surface area contributed by atoms with Gasteiger partial charge in [-0.3, -0.25) is 5.50 Å². The van der Waals surface area contributed by atoms with Gasteiger partial charge in [0.1, 0.15) is 0 Å². The Hall–Kier alpha value is 0.310. The van der Waals surface area contributed by atoms with Crippen LogP contribution in [-0.2, 0) is 4.52 Å². The van der Waals surface area contributed by atoms with Crippen molar-refractivity contribution in [1.82, 2.24) is 0 Å². The molecule has 0 amide bonds. The minimum Gasteiger partial charge on any atom is -0.338 e. The summed E-state index contributed by atoms with van der Waals surface area (Å²) in [5.74, 6) is 0.440. The first-order valence-corrected chi connectivity index (χ1v) is 3.77. The van der Waals surface area contributed by atoms with Gasteiger partial charge in [0, 0.05) is 0 Å². The van der Waals surface area contributed by atoms with Crippen LogP contribution in [0.25, 0.3) is 0 Å². The Morgan fingerprint density at radius 2 is 2.25 bits per heavy atom. The molecule has 0 saturated heterocycles. The van der Waals surface area contributed by atoms with Crippen molar-refractivity contribution in [2.24, 2.45) is 11.4 Å². The summed E-state index contributed by atoms with van der Waals surface area (Å²) >= 11 is 0. The molecule has 0 aromatic carbocycles. The summed E-state index contributed by atoms with van der Waals surface area (Å²) in [5, 5.41) is 0. The molecule has 4 heteroatoms. The maximum Gasteiger partial charge on any atom is 0.250 e. The molecular formula is C4H12NO2P. The highest BCUT2D eigenvalue weighted by Crippen LogP contribution is 2.19. The number of hydrogen-bond donors (Lipinski definition) is 2. The van der Waals surface area contributed by atoms with Crippen LogP contribution in [-0.4, -0.2) is 11.5 Å². The summed E-state index contributed by atoms with van der Waals surface area (Å²) < 4.78 is 4.70. The molecule has 8 heavy (non-hydrogen) atoms. The Morgan fingerprint density at radius 1 is 1.75 bits per heavy atom. The lowest BCUT2D eigenvalue weighted by Crippen LogP contribution is -2.00. The molecule has 0 bridgehead atoms. The van der Waals surface area contributed by atoms with Crippen molar-refractivity contribution in [3.8, 4) is 0 Å². The standard InChI is InChI=1S/C4H12NO2P/c1-4(2)3-7-8(5)6/h4,6H,3,5H2,1-2H3. The van der Waals surface area contributed by atoms with Crippen LogP contribution in [0.4, 0.5) is 0 Å². The van der Waals surface area contributed by atoms with Crippen LogP contribution in [0, 0.1) is 5.92 Å². The van der Waals surface area contributed by atoms with E-state index in [0.717, 1.165) is 0 Å². The van der Waals surface area contributed by atoms with Crippen molar-refractivity contribution in [3.05, 3.63) is 0 Å². The van der Waals surface area contributed by atoms with Crippen LogP contribution in [0.5, 0.6) is 0 Å². The molecule has 0 aliphatic carbocycles. The Kier molecular flexibility index (Phi) is 4.38. The molecule has 1 unspecified atom stereocenters. The van der Waals surface area contributed by atoms with Crippen molar-refractivity contribution >= 4 is 8.53 Å². The molecule has 0 rings (SSSR count). The predicted octanol–water partition coefficient (Wildman–Crippen LogP) is 0.837. The molecule has 0 aliphatic heterocycles. The van der Waals surface area contributed by atoms with E-state index in [9.17, 15) is 0 Å². The molecule has 50 valence electrons. The van der Waals surface area contributed by atoms with Gasteiger partial charge in [0.2, 0.25) is 8.53 Å². The minimum absolute atomic E-state index is 0.440. The van der Waals surface area contributed by atoms with Crippen molar-refractivity contribution in [2.45, 2.75) is 13.8 Å². The molecule has 0 spiro atoms. The quantitative estimate of drug-likeness (QED) is 0.566. The van der Waals surface area contributed by atoms with Gasteiger partial charge in [-0.1, -0.05) is 13.8 Å². The van der Waals surface area contributed by atoms with Crippen molar-refractivity contribution in [1.29, 1.82) is 0 Å². The van der Waals surface area contributed by atoms with Crippen molar-refractivity contribution in [3.63, 3.8) is 0 Å². The van der Waals surface area contributed by atoms with E-state index in [2.05, 4.69) is 0 Å². The molecule has 3 nitrogen and oxygen atoms in total. The van der Waals surface area contributed by atoms with Gasteiger partial charge in [0.05, 0.1) is 6.61 Å². The summed E-state index contributed by atoms with van der Waals surface area (Å²) in [6, 6.07) is 0. The second-order valence-electron chi connectivity index (χ2n) is 1.99. The number of rotatable bonds is 3. The molecule has 0 fully saturated rings. The monoisotopic (exact) mass is 137 g/mol. The zero-order chi connectivity index (χ0) is 6.57. The van der Waals surface area contributed by atoms with E-state index in [1.807, 2.05) is 13.8 Å². The van der Waals surface area contributed by atoms with Crippen LogP contribution in [0.1, 0.15) is 13.8 Å². The highest BCUT2D eigenvalue weighted by molar-refractivity contribution is 7.43. The lowest BCUT2D eigenvalue weighted by Gasteiger charge is -2.05. The van der Waals surface area contributed by atoms with E-state index in [4.69, 9.17) is 14.9 Å². The van der Waals surface area contributed by atoms with Gasteiger partial charge < -0.3 is 9.42 Å². The predicted molar refractivity (Wildman–Crippen MR) is 34.1 cm³/mol. The van der Waals surface area contributed by atoms with Crippen LogP contribution in [0.2, 0.25) is 0 Å². The van der Waals surface area contributed by atoms with E-state index in [1.165, 1.54) is 0 Å². The molecule has 0 aromatic rings. The first kappa shape index (κ1) is 8.31. The van der Waals surface area contributed by atoms with Gasteiger partial charge >= 0.3 is 0 Å². The fraction of sp³-hybridized carbons (Fsp3) is 1.00. The average Bonchev–Trinajstić information content (AvgIpc) is 1.61. The normalized spacial score (nSPS) is 14.6. The summed E-state index contributed by atoms with van der Waals surface area (Å²) in [5.41, 5.74) is 4.94. The second-order valence-corrected chi connectivity index (χ2v) is 2.86. The van der Waals surface area contributed by atoms with Crippen LogP contribution in [0.3, 0.4) is 0 Å². The number of nitrogens with two attached hydrogens (primary N) is 1. The topological polar surface area (TPSA) is 55.5 Å². The highest BCUT2D eigenvalue weighted by atomic mass is 31.2. The van der Waals surface area contributed by atoms with E-state index >= 15 is 0 Å². The van der Waals surface area contributed by atoms with Gasteiger partial charge in [-0.05, 0) is 5.92 Å². The third kappa shape index (κ3) is 6.31. The maximum atomic E-state index is 8.42. The van der Waals surface area contributed by atoms with Gasteiger partial charge in [0.25, 0.3) is 0 Å². The third-order valence-corrected chi connectivity index (χ3v) is 0.954. The van der Waals surface area contributed by atoms with Gasteiger partial charge in [0.15, 0.2) is 0 Å². The summed E-state index contributed by atoms with van der Waals surface area (Å²) in [6.07, 6.45) is 0. The molecule has 0 radical (unpaired) electrons. The van der Waals surface area contributed by atoms with E-state index in [1.54, 1.807) is 0 Å². The largest absolute Gasteiger partial charge is 0.338 e. The third-order valence-electron chi connectivity index (χ3n) is 0.540. The summed E-state index contributed by atoms with van der Waals surface area (Å²) in [7, 11) is -1.63. The fourth-order valence-corrected chi connectivity index (χ4v) is 0.676. The van der Waals surface area contributed by atoms with Gasteiger partial charge in [-0.2, -0.15) is 0 Å². The fourth-order valence-electron chi connectivity index (χ4n) is 0.225. The van der Waals surface area contributed by atoms with Crippen LogP contribution in [0.15, 0.2) is 0 Å². The van der Waals surface area contributed by atoms with Crippen molar-refractivity contribution < 1.29 is 9.42 Å². The molecule has 0 aliphatic rings. The first-order chi connectivity index (χ1) is 3.63. The molecule has 0 heterocycles. The lowest BCUT2D eigenvalue weighted by atomic mass is 10.2. The van der Waals surface area contributed by atoms with E-state index in [-0.39, 0.29) is 0 Å². The number of hydrogen-bond acceptors (Lipinski definition) is 3. The molecule has 0 saturated carbocycles. The summed E-state index contributed by atoms with van der Waals surface area (Å²) in [6.45, 7) is 4.54. The molecule has 1 atom stereocenters. The molecule has 3 N–H and O–H groups in total. The van der Waals surface area contributed by atoms with Gasteiger partial charge in [-0.25, -0.2) is 0 Å². The Morgan fingerprint density at radius 3 is 2.38 bits per heavy atom. The smallest absolute Gasteiger partial charge is 0.250 e. The molecular weight excluding hydrogens is 125 g/mol. The first-order valence-electron chi connectivity index (χ1n) is 2.49. The zero-order valence-corrected chi connectivity index (χ0v) is 6.06. The Balaban J connectivity index is 2.93. The average molecular weight is 137 g/mol. The Bertz CT molecular complexity index is 50.0. The SMILES string of the molecule is CC(C)COP(N)O. The van der Waals surface area contributed by atoms with Crippen molar-refractivity contribution in [2.75, 3.05) is 6.61 Å². The second kappa shape index (κ2) is 4.21. The summed E-state index contributed by atoms with van der Waals surface area (Å²) in [4.78, 5) is 8.42. The maximum absolute atomic E-state index is 8.42. The van der Waals surface area contributed by atoms with Crippen LogP contribution >= 0.6 is 8.53 Å². The van der Waals surface area contributed by atoms with Gasteiger partial charge in [-0.15, -0.1) is 0 Å². The van der Waals surface area contributed by atoms with E-state index in [0.29, 0.717) is 12.5 Å². The Labute approximate surface area is 50.8 Å². The lowest BCUT2D eigenvalue weighted by molar-refractivity contribution is 0.268. The zero-order valence-electron chi connectivity index (χ0n) is 5.16. The molecule has 0 aromatic heterocycles.